The van der Waals surface area contributed by atoms with Crippen LogP contribution in [0, 0.1) is 10.1 Å². The third kappa shape index (κ3) is 5.67. The maximum atomic E-state index is 12.8. The molecule has 0 saturated carbocycles. The van der Waals surface area contributed by atoms with Gasteiger partial charge in [0, 0.05) is 38.1 Å². The van der Waals surface area contributed by atoms with Crippen LogP contribution in [-0.4, -0.2) is 29.9 Å². The van der Waals surface area contributed by atoms with Crippen molar-refractivity contribution in [3.05, 3.63) is 79.9 Å². The molecular weight excluding hydrogens is 500 g/mol. The number of pyridine rings is 1. The van der Waals surface area contributed by atoms with Gasteiger partial charge in [-0.15, -0.1) is 0 Å². The monoisotopic (exact) mass is 514 g/mol. The van der Waals surface area contributed by atoms with Crippen LogP contribution in [0.3, 0.4) is 0 Å². The Balaban J connectivity index is 1.87. The van der Waals surface area contributed by atoms with Crippen molar-refractivity contribution in [2.75, 3.05) is 24.3 Å². The molecule has 13 heteroatoms. The van der Waals surface area contributed by atoms with Gasteiger partial charge < -0.3 is 15.0 Å². The van der Waals surface area contributed by atoms with Gasteiger partial charge in [-0.2, -0.15) is 13.2 Å². The fourth-order valence-electron chi connectivity index (χ4n) is 2.79. The molecule has 0 aliphatic rings. The Morgan fingerprint density at radius 2 is 1.82 bits per heavy atom. The summed E-state index contributed by atoms with van der Waals surface area (Å²) >= 11 is 11.9. The van der Waals surface area contributed by atoms with Crippen LogP contribution >= 0.6 is 23.2 Å². The lowest BCUT2D eigenvalue weighted by Gasteiger charge is -2.19. The molecule has 0 unspecified atom stereocenters. The molecule has 2 aromatic carbocycles. The number of carbonyl (C=O) groups excluding carboxylic acids is 1. The molecule has 34 heavy (non-hydrogen) atoms. The molecule has 0 aliphatic heterocycles. The smallest absolute Gasteiger partial charge is 0.417 e. The average Bonchev–Trinajstić information content (AvgIpc) is 2.75. The summed E-state index contributed by atoms with van der Waals surface area (Å²) in [6.45, 7) is 0. The van der Waals surface area contributed by atoms with Crippen molar-refractivity contribution in [2.24, 2.45) is 0 Å². The number of amides is 1. The van der Waals surface area contributed by atoms with Crippen LogP contribution < -0.4 is 15.0 Å². The van der Waals surface area contributed by atoms with Crippen LogP contribution in [-0.2, 0) is 6.18 Å². The molecule has 3 rings (SSSR count). The van der Waals surface area contributed by atoms with E-state index >= 15 is 0 Å². The summed E-state index contributed by atoms with van der Waals surface area (Å²) < 4.78 is 44.1. The fraction of sp³-hybridized carbons (Fsp3) is 0.143. The van der Waals surface area contributed by atoms with Crippen molar-refractivity contribution in [1.29, 1.82) is 0 Å². The van der Waals surface area contributed by atoms with E-state index in [0.717, 1.165) is 6.07 Å². The first-order chi connectivity index (χ1) is 15.9. The normalized spacial score (nSPS) is 11.1. The number of nitro benzene ring substituents is 1. The third-order valence-corrected chi connectivity index (χ3v) is 5.05. The van der Waals surface area contributed by atoms with Gasteiger partial charge in [0.15, 0.2) is 5.75 Å². The Labute approximate surface area is 201 Å². The van der Waals surface area contributed by atoms with E-state index in [4.69, 9.17) is 27.9 Å². The third-order valence-electron chi connectivity index (χ3n) is 4.45. The number of alkyl halides is 3. The lowest BCUT2D eigenvalue weighted by atomic mass is 10.1. The molecule has 1 N–H and O–H groups in total. The lowest BCUT2D eigenvalue weighted by Crippen LogP contribution is -2.15. The Hall–Kier alpha value is -3.57. The van der Waals surface area contributed by atoms with Crippen LogP contribution in [0.25, 0.3) is 0 Å². The largest absolute Gasteiger partial charge is 0.435 e. The van der Waals surface area contributed by atoms with Gasteiger partial charge >= 0.3 is 6.18 Å². The summed E-state index contributed by atoms with van der Waals surface area (Å²) in [5.74, 6) is -0.719. The van der Waals surface area contributed by atoms with Crippen molar-refractivity contribution < 1.29 is 27.6 Å². The quantitative estimate of drug-likeness (QED) is 0.300. The number of nitro groups is 1. The van der Waals surface area contributed by atoms with Crippen LogP contribution in [0.2, 0.25) is 10.0 Å². The molecule has 0 bridgehead atoms. The summed E-state index contributed by atoms with van der Waals surface area (Å²) in [7, 11) is 3.35. The first-order valence-corrected chi connectivity index (χ1v) is 10.1. The van der Waals surface area contributed by atoms with Gasteiger partial charge in [0.05, 0.1) is 26.8 Å². The topological polar surface area (TPSA) is 97.6 Å². The predicted molar refractivity (Wildman–Crippen MR) is 121 cm³/mol. The van der Waals surface area contributed by atoms with Crippen molar-refractivity contribution >= 4 is 46.2 Å². The van der Waals surface area contributed by atoms with Gasteiger partial charge in [-0.05, 0) is 30.3 Å². The highest BCUT2D eigenvalue weighted by molar-refractivity contribution is 6.34. The standard InChI is InChI=1S/C21H15Cl2F3N4O4/c1-29(2)17-8-12(28-19(31)14-9-13(30(32)33)4-5-15(14)22)3-6-18(17)34-20-16(23)7-11(10-27-20)21(24,25)26/h3-10H,1-2H3,(H,28,31). The average molecular weight is 515 g/mol. The predicted octanol–water partition coefficient (Wildman–Crippen LogP) is 6.43. The first-order valence-electron chi connectivity index (χ1n) is 9.34. The summed E-state index contributed by atoms with van der Waals surface area (Å²) in [4.78, 5) is 28.3. The number of hydrogen-bond acceptors (Lipinski definition) is 6. The zero-order chi connectivity index (χ0) is 25.2. The minimum absolute atomic E-state index is 0.0268. The Morgan fingerprint density at radius 1 is 1.12 bits per heavy atom. The molecule has 8 nitrogen and oxygen atoms in total. The van der Waals surface area contributed by atoms with E-state index in [1.165, 1.54) is 30.3 Å². The zero-order valence-electron chi connectivity index (χ0n) is 17.5. The number of anilines is 2. The molecule has 178 valence electrons. The van der Waals surface area contributed by atoms with Gasteiger partial charge in [0.1, 0.15) is 5.02 Å². The second kappa shape index (κ2) is 9.74. The second-order valence-electron chi connectivity index (χ2n) is 7.06. The zero-order valence-corrected chi connectivity index (χ0v) is 19.0. The van der Waals surface area contributed by atoms with Gasteiger partial charge in [0.2, 0.25) is 5.88 Å². The molecule has 0 fully saturated rings. The fourth-order valence-corrected chi connectivity index (χ4v) is 3.20. The van der Waals surface area contributed by atoms with E-state index < -0.39 is 22.6 Å². The van der Waals surface area contributed by atoms with Crippen molar-refractivity contribution in [3.8, 4) is 11.6 Å². The van der Waals surface area contributed by atoms with E-state index in [2.05, 4.69) is 10.3 Å². The minimum atomic E-state index is -4.61. The SMILES string of the molecule is CN(C)c1cc(NC(=O)c2cc([N+](=O)[O-])ccc2Cl)ccc1Oc1ncc(C(F)(F)F)cc1Cl. The van der Waals surface area contributed by atoms with E-state index in [1.54, 1.807) is 19.0 Å². The number of non-ortho nitro benzene ring substituents is 1. The Bertz CT molecular complexity index is 1270. The Kier molecular flexibility index (Phi) is 7.18. The number of benzene rings is 2. The van der Waals surface area contributed by atoms with Crippen LogP contribution in [0.1, 0.15) is 15.9 Å². The van der Waals surface area contributed by atoms with Crippen LogP contribution in [0.15, 0.2) is 48.7 Å². The number of carbonyl (C=O) groups is 1. The highest BCUT2D eigenvalue weighted by Crippen LogP contribution is 2.38. The van der Waals surface area contributed by atoms with E-state index in [9.17, 15) is 28.1 Å². The van der Waals surface area contributed by atoms with Crippen molar-refractivity contribution in [3.63, 3.8) is 0 Å². The van der Waals surface area contributed by atoms with Gasteiger partial charge in [-0.25, -0.2) is 4.98 Å². The Morgan fingerprint density at radius 3 is 2.41 bits per heavy atom. The number of aromatic nitrogens is 1. The summed E-state index contributed by atoms with van der Waals surface area (Å²) in [6, 6.07) is 8.62. The van der Waals surface area contributed by atoms with Crippen LogP contribution in [0.5, 0.6) is 11.6 Å². The molecule has 1 amide bonds. The summed E-state index contributed by atoms with van der Waals surface area (Å²) in [6.07, 6.45) is -4.00. The van der Waals surface area contributed by atoms with Gasteiger partial charge in [-0.1, -0.05) is 23.2 Å². The summed E-state index contributed by atoms with van der Waals surface area (Å²) in [5, 5.41) is 13.3. The molecule has 0 radical (unpaired) electrons. The molecule has 1 heterocycles. The minimum Gasteiger partial charge on any atom is -0.435 e. The first kappa shape index (κ1) is 25.1. The van der Waals surface area contributed by atoms with Gasteiger partial charge in [0.25, 0.3) is 11.6 Å². The molecular formula is C21H15Cl2F3N4O4. The maximum absolute atomic E-state index is 12.8. The van der Waals surface area contributed by atoms with E-state index in [-0.39, 0.29) is 32.9 Å². The lowest BCUT2D eigenvalue weighted by molar-refractivity contribution is -0.384. The number of ether oxygens (including phenoxy) is 1. The second-order valence-corrected chi connectivity index (χ2v) is 7.88. The number of rotatable bonds is 6. The number of nitrogens with zero attached hydrogens (tertiary/aromatic N) is 3. The highest BCUT2D eigenvalue weighted by atomic mass is 35.5. The number of halogens is 5. The van der Waals surface area contributed by atoms with Crippen LogP contribution in [0.4, 0.5) is 30.2 Å². The van der Waals surface area contributed by atoms with E-state index in [0.29, 0.717) is 23.6 Å². The highest BCUT2D eigenvalue weighted by Gasteiger charge is 2.32. The molecule has 0 atom stereocenters. The molecule has 1 aromatic heterocycles. The molecule has 0 aliphatic carbocycles. The van der Waals surface area contributed by atoms with Crippen molar-refractivity contribution in [2.45, 2.75) is 6.18 Å². The molecule has 0 spiro atoms. The number of hydrogen-bond donors (Lipinski definition) is 1. The van der Waals surface area contributed by atoms with Crippen molar-refractivity contribution in [1.82, 2.24) is 4.98 Å². The van der Waals surface area contributed by atoms with Gasteiger partial charge in [-0.3, -0.25) is 14.9 Å². The maximum Gasteiger partial charge on any atom is 0.417 e. The van der Waals surface area contributed by atoms with E-state index in [1.807, 2.05) is 0 Å². The number of nitrogens with one attached hydrogen (secondary N) is 1. The molecule has 3 aromatic rings. The summed E-state index contributed by atoms with van der Waals surface area (Å²) in [5.41, 5.74) is -0.678. The molecule has 0 saturated heterocycles.